The molecule has 0 radical (unpaired) electrons. The van der Waals surface area contributed by atoms with E-state index in [9.17, 15) is 9.59 Å². The SMILES string of the molecule is NC(=O)C1CCN(C(=O)CSc2nnc(-c3cccc(Cl)c3)o2)CC1. The van der Waals surface area contributed by atoms with Gasteiger partial charge in [0.15, 0.2) is 0 Å². The van der Waals surface area contributed by atoms with Gasteiger partial charge in [0, 0.05) is 29.6 Å². The van der Waals surface area contributed by atoms with Crippen molar-refractivity contribution in [3.05, 3.63) is 29.3 Å². The van der Waals surface area contributed by atoms with Crippen molar-refractivity contribution in [3.63, 3.8) is 0 Å². The highest BCUT2D eigenvalue weighted by molar-refractivity contribution is 7.99. The highest BCUT2D eigenvalue weighted by Gasteiger charge is 2.26. The molecule has 1 aliphatic heterocycles. The van der Waals surface area contributed by atoms with E-state index in [0.29, 0.717) is 42.1 Å². The van der Waals surface area contributed by atoms with E-state index in [2.05, 4.69) is 10.2 Å². The lowest BCUT2D eigenvalue weighted by Crippen LogP contribution is -2.42. The number of primary amides is 1. The van der Waals surface area contributed by atoms with Crippen LogP contribution in [-0.2, 0) is 9.59 Å². The molecule has 25 heavy (non-hydrogen) atoms. The molecule has 7 nitrogen and oxygen atoms in total. The van der Waals surface area contributed by atoms with Crippen LogP contribution in [0.5, 0.6) is 0 Å². The summed E-state index contributed by atoms with van der Waals surface area (Å²) in [5.74, 6) is 0.127. The van der Waals surface area contributed by atoms with Crippen molar-refractivity contribution in [1.82, 2.24) is 15.1 Å². The topological polar surface area (TPSA) is 102 Å². The number of aromatic nitrogens is 2. The van der Waals surface area contributed by atoms with Crippen LogP contribution in [0.4, 0.5) is 0 Å². The summed E-state index contributed by atoms with van der Waals surface area (Å²) in [5, 5.41) is 8.83. The summed E-state index contributed by atoms with van der Waals surface area (Å²) in [6.45, 7) is 1.09. The maximum Gasteiger partial charge on any atom is 0.277 e. The predicted molar refractivity (Wildman–Crippen MR) is 94.0 cm³/mol. The number of piperidine rings is 1. The van der Waals surface area contributed by atoms with Gasteiger partial charge in [0.2, 0.25) is 17.7 Å². The van der Waals surface area contributed by atoms with Crippen LogP contribution in [0.2, 0.25) is 5.02 Å². The standard InChI is InChI=1S/C16H17ClN4O3S/c17-12-3-1-2-11(8-12)15-19-20-16(24-15)25-9-13(22)21-6-4-10(5-7-21)14(18)23/h1-3,8,10H,4-7,9H2,(H2,18,23). The van der Waals surface area contributed by atoms with Crippen molar-refractivity contribution in [2.45, 2.75) is 18.1 Å². The Hall–Kier alpha value is -2.06. The molecule has 1 aliphatic rings. The quantitative estimate of drug-likeness (QED) is 0.798. The third-order valence-corrected chi connectivity index (χ3v) is 5.09. The van der Waals surface area contributed by atoms with Crippen LogP contribution in [0.3, 0.4) is 0 Å². The van der Waals surface area contributed by atoms with Crippen LogP contribution >= 0.6 is 23.4 Å². The minimum absolute atomic E-state index is 0.0181. The molecule has 2 N–H and O–H groups in total. The Bertz CT molecular complexity index is 774. The number of hydrogen-bond acceptors (Lipinski definition) is 6. The molecule has 1 fully saturated rings. The summed E-state index contributed by atoms with van der Waals surface area (Å²) >= 11 is 7.14. The average molecular weight is 381 g/mol. The van der Waals surface area contributed by atoms with Gasteiger partial charge in [-0.2, -0.15) is 0 Å². The van der Waals surface area contributed by atoms with E-state index in [4.69, 9.17) is 21.8 Å². The zero-order chi connectivity index (χ0) is 17.8. The number of hydrogen-bond donors (Lipinski definition) is 1. The number of likely N-dealkylation sites (tertiary alicyclic amines) is 1. The van der Waals surface area contributed by atoms with E-state index < -0.39 is 0 Å². The second kappa shape index (κ2) is 7.88. The van der Waals surface area contributed by atoms with Gasteiger partial charge in [0.1, 0.15) is 0 Å². The van der Waals surface area contributed by atoms with Crippen LogP contribution in [0.25, 0.3) is 11.5 Å². The first-order valence-corrected chi connectivity index (χ1v) is 9.18. The van der Waals surface area contributed by atoms with Gasteiger partial charge >= 0.3 is 0 Å². The summed E-state index contributed by atoms with van der Waals surface area (Å²) < 4.78 is 5.56. The highest BCUT2D eigenvalue weighted by atomic mass is 35.5. The Morgan fingerprint density at radius 2 is 2.08 bits per heavy atom. The van der Waals surface area contributed by atoms with Crippen LogP contribution in [-0.4, -0.2) is 45.8 Å². The minimum Gasteiger partial charge on any atom is -0.411 e. The fraction of sp³-hybridized carbons (Fsp3) is 0.375. The number of benzene rings is 1. The lowest BCUT2D eigenvalue weighted by molar-refractivity contribution is -0.132. The summed E-state index contributed by atoms with van der Waals surface area (Å²) in [7, 11) is 0. The molecule has 0 bridgehead atoms. The molecule has 1 aromatic carbocycles. The summed E-state index contributed by atoms with van der Waals surface area (Å²) in [6.07, 6.45) is 1.23. The molecular weight excluding hydrogens is 364 g/mol. The first kappa shape index (κ1) is 17.8. The third kappa shape index (κ3) is 4.52. The summed E-state index contributed by atoms with van der Waals surface area (Å²) in [6, 6.07) is 7.12. The Morgan fingerprint density at radius 1 is 1.32 bits per heavy atom. The lowest BCUT2D eigenvalue weighted by atomic mass is 9.96. The first-order valence-electron chi connectivity index (χ1n) is 7.82. The molecule has 1 saturated heterocycles. The van der Waals surface area contributed by atoms with E-state index in [1.54, 1.807) is 23.1 Å². The number of carbonyl (C=O) groups is 2. The van der Waals surface area contributed by atoms with Crippen molar-refractivity contribution in [2.75, 3.05) is 18.8 Å². The predicted octanol–water partition coefficient (Wildman–Crippen LogP) is 2.21. The molecule has 2 amide bonds. The van der Waals surface area contributed by atoms with Gasteiger partial charge in [-0.05, 0) is 31.0 Å². The number of nitrogens with zero attached hydrogens (tertiary/aromatic N) is 3. The third-order valence-electron chi connectivity index (χ3n) is 4.05. The van der Waals surface area contributed by atoms with E-state index in [0.717, 1.165) is 5.56 Å². The number of thioether (sulfide) groups is 1. The van der Waals surface area contributed by atoms with E-state index in [1.165, 1.54) is 11.8 Å². The van der Waals surface area contributed by atoms with Gasteiger partial charge in [-0.25, -0.2) is 0 Å². The Morgan fingerprint density at radius 3 is 2.76 bits per heavy atom. The molecular formula is C16H17ClN4O3S. The molecule has 2 aromatic rings. The lowest BCUT2D eigenvalue weighted by Gasteiger charge is -2.30. The van der Waals surface area contributed by atoms with Crippen molar-refractivity contribution >= 4 is 35.2 Å². The van der Waals surface area contributed by atoms with Crippen LogP contribution in [0.15, 0.2) is 33.9 Å². The molecule has 0 atom stereocenters. The second-order valence-electron chi connectivity index (χ2n) is 5.73. The average Bonchev–Trinajstić information content (AvgIpc) is 3.09. The number of halogens is 1. The smallest absolute Gasteiger partial charge is 0.277 e. The number of nitrogens with two attached hydrogens (primary N) is 1. The number of rotatable bonds is 5. The fourth-order valence-corrected chi connectivity index (χ4v) is 3.49. The second-order valence-corrected chi connectivity index (χ2v) is 7.09. The molecule has 132 valence electrons. The number of amides is 2. The van der Waals surface area contributed by atoms with E-state index in [-0.39, 0.29) is 23.5 Å². The van der Waals surface area contributed by atoms with Gasteiger partial charge in [-0.3, -0.25) is 9.59 Å². The minimum atomic E-state index is -0.291. The fourth-order valence-electron chi connectivity index (χ4n) is 2.63. The van der Waals surface area contributed by atoms with Crippen LogP contribution < -0.4 is 5.73 Å². The van der Waals surface area contributed by atoms with Crippen LogP contribution in [0, 0.1) is 5.92 Å². The zero-order valence-electron chi connectivity index (χ0n) is 13.4. The van der Waals surface area contributed by atoms with Gasteiger partial charge in [-0.1, -0.05) is 29.4 Å². The van der Waals surface area contributed by atoms with Gasteiger partial charge in [0.05, 0.1) is 5.75 Å². The summed E-state index contributed by atoms with van der Waals surface area (Å²) in [5.41, 5.74) is 6.03. The highest BCUT2D eigenvalue weighted by Crippen LogP contribution is 2.25. The maximum absolute atomic E-state index is 12.3. The van der Waals surface area contributed by atoms with E-state index >= 15 is 0 Å². The van der Waals surface area contributed by atoms with Crippen molar-refractivity contribution in [3.8, 4) is 11.5 Å². The number of carbonyl (C=O) groups excluding carboxylic acids is 2. The maximum atomic E-state index is 12.3. The monoisotopic (exact) mass is 380 g/mol. The Labute approximate surface area is 153 Å². The molecule has 9 heteroatoms. The normalized spacial score (nSPS) is 15.3. The van der Waals surface area contributed by atoms with Gasteiger partial charge < -0.3 is 15.1 Å². The Kier molecular flexibility index (Phi) is 5.60. The molecule has 1 aromatic heterocycles. The zero-order valence-corrected chi connectivity index (χ0v) is 14.9. The molecule has 2 heterocycles. The Balaban J connectivity index is 1.52. The molecule has 0 unspecified atom stereocenters. The van der Waals surface area contributed by atoms with Crippen molar-refractivity contribution < 1.29 is 14.0 Å². The largest absolute Gasteiger partial charge is 0.411 e. The van der Waals surface area contributed by atoms with Gasteiger partial charge in [-0.15, -0.1) is 10.2 Å². The molecule has 3 rings (SSSR count). The molecule has 0 aliphatic carbocycles. The van der Waals surface area contributed by atoms with Crippen molar-refractivity contribution in [2.24, 2.45) is 11.7 Å². The molecule has 0 saturated carbocycles. The summed E-state index contributed by atoms with van der Waals surface area (Å²) in [4.78, 5) is 25.1. The first-order chi connectivity index (χ1) is 12.0. The van der Waals surface area contributed by atoms with E-state index in [1.807, 2.05) is 6.07 Å². The van der Waals surface area contributed by atoms with Gasteiger partial charge in [0.25, 0.3) is 5.22 Å². The van der Waals surface area contributed by atoms with Crippen LogP contribution in [0.1, 0.15) is 12.8 Å². The van der Waals surface area contributed by atoms with Crippen molar-refractivity contribution in [1.29, 1.82) is 0 Å². The molecule has 0 spiro atoms.